The van der Waals surface area contributed by atoms with Gasteiger partial charge in [0.05, 0.1) is 0 Å². The van der Waals surface area contributed by atoms with Crippen LogP contribution in [-0.2, 0) is 23.8 Å². The Morgan fingerprint density at radius 1 is 0.861 bits per heavy atom. The second-order valence-corrected chi connectivity index (χ2v) is 9.62. The molecule has 1 saturated heterocycles. The van der Waals surface area contributed by atoms with E-state index in [1.54, 1.807) is 55.4 Å². The summed E-state index contributed by atoms with van der Waals surface area (Å²) in [5.74, 6) is -2.08. The van der Waals surface area contributed by atoms with Crippen molar-refractivity contribution in [3.05, 3.63) is 0 Å². The van der Waals surface area contributed by atoms with Gasteiger partial charge in [0.15, 0.2) is 0 Å². The zero-order valence-electron chi connectivity index (χ0n) is 24.1. The van der Waals surface area contributed by atoms with Crippen LogP contribution in [0, 0.1) is 0 Å². The van der Waals surface area contributed by atoms with Gasteiger partial charge in [0.1, 0.15) is 23.3 Å². The molecular weight excluding hydrogens is 472 g/mol. The standard InChI is InChI=1S/C10H19NO4.C9H17NO4.C4H8O.C2H6/c1-6-7(8(12)13)11(5)9(14)15-10(2,3)4;1-5-6(7(11)12)10-8(13)14-9(2,3)4;1-2-4-5-3-1;1-2/h7H,6H2,1-5H3,(H,12,13);6H,5H2,1-4H3,(H,10,13)(H,11,12);1-4H2;1-2H3. The molecule has 1 aliphatic heterocycles. The highest BCUT2D eigenvalue weighted by molar-refractivity contribution is 5.80. The smallest absolute Gasteiger partial charge is 0.410 e. The summed E-state index contributed by atoms with van der Waals surface area (Å²) in [4.78, 5) is 45.1. The van der Waals surface area contributed by atoms with Crippen molar-refractivity contribution in [3.63, 3.8) is 0 Å². The zero-order valence-corrected chi connectivity index (χ0v) is 24.1. The van der Waals surface area contributed by atoms with E-state index in [1.165, 1.54) is 19.9 Å². The third-order valence-corrected chi connectivity index (χ3v) is 4.05. The van der Waals surface area contributed by atoms with Gasteiger partial charge in [-0.1, -0.05) is 27.7 Å². The van der Waals surface area contributed by atoms with Crippen molar-refractivity contribution < 1.29 is 43.6 Å². The van der Waals surface area contributed by atoms with Crippen molar-refractivity contribution in [2.75, 3.05) is 20.3 Å². The van der Waals surface area contributed by atoms with Gasteiger partial charge in [-0.15, -0.1) is 0 Å². The van der Waals surface area contributed by atoms with Crippen molar-refractivity contribution in [3.8, 4) is 0 Å². The monoisotopic (exact) mass is 522 g/mol. The van der Waals surface area contributed by atoms with E-state index in [0.717, 1.165) is 18.1 Å². The van der Waals surface area contributed by atoms with E-state index in [9.17, 15) is 19.2 Å². The van der Waals surface area contributed by atoms with Crippen LogP contribution in [0.25, 0.3) is 0 Å². The van der Waals surface area contributed by atoms with Crippen molar-refractivity contribution >= 4 is 24.1 Å². The predicted octanol–water partition coefficient (Wildman–Crippen LogP) is 4.91. The molecule has 0 saturated carbocycles. The molecular formula is C25H50N2O9. The van der Waals surface area contributed by atoms with E-state index < -0.39 is 47.4 Å². The Bertz CT molecular complexity index is 629. The lowest BCUT2D eigenvalue weighted by molar-refractivity contribution is -0.142. The largest absolute Gasteiger partial charge is 0.480 e. The lowest BCUT2D eigenvalue weighted by Gasteiger charge is -2.27. The van der Waals surface area contributed by atoms with E-state index in [1.807, 2.05) is 13.8 Å². The number of carboxylic acids is 2. The fourth-order valence-corrected chi connectivity index (χ4v) is 2.37. The van der Waals surface area contributed by atoms with Crippen LogP contribution in [-0.4, -0.2) is 82.8 Å². The number of carbonyl (C=O) groups excluding carboxylic acids is 2. The summed E-state index contributed by atoms with van der Waals surface area (Å²) < 4.78 is 14.9. The molecule has 36 heavy (non-hydrogen) atoms. The highest BCUT2D eigenvalue weighted by Crippen LogP contribution is 2.12. The van der Waals surface area contributed by atoms with Crippen molar-refractivity contribution in [1.82, 2.24) is 10.2 Å². The molecule has 11 heteroatoms. The average Bonchev–Trinajstić information content (AvgIpc) is 3.31. The lowest BCUT2D eigenvalue weighted by atomic mass is 10.2. The van der Waals surface area contributed by atoms with Gasteiger partial charge < -0.3 is 29.7 Å². The van der Waals surface area contributed by atoms with Gasteiger partial charge >= 0.3 is 24.1 Å². The molecule has 214 valence electrons. The van der Waals surface area contributed by atoms with Crippen LogP contribution < -0.4 is 5.32 Å². The maximum atomic E-state index is 11.5. The van der Waals surface area contributed by atoms with E-state index in [2.05, 4.69) is 5.32 Å². The van der Waals surface area contributed by atoms with Crippen LogP contribution in [0.5, 0.6) is 0 Å². The maximum absolute atomic E-state index is 11.5. The molecule has 2 atom stereocenters. The minimum Gasteiger partial charge on any atom is -0.480 e. The van der Waals surface area contributed by atoms with Crippen molar-refractivity contribution in [2.24, 2.45) is 0 Å². The van der Waals surface area contributed by atoms with Crippen LogP contribution >= 0.6 is 0 Å². The molecule has 0 aromatic heterocycles. The number of ether oxygens (including phenoxy) is 3. The summed E-state index contributed by atoms with van der Waals surface area (Å²) in [6.07, 6.45) is 1.92. The summed E-state index contributed by atoms with van der Waals surface area (Å²) in [5.41, 5.74) is -1.22. The number of hydrogen-bond acceptors (Lipinski definition) is 7. The summed E-state index contributed by atoms with van der Waals surface area (Å²) >= 11 is 0. The first-order valence-electron chi connectivity index (χ1n) is 12.4. The van der Waals surface area contributed by atoms with E-state index in [-0.39, 0.29) is 0 Å². The molecule has 0 aliphatic carbocycles. The van der Waals surface area contributed by atoms with Crippen molar-refractivity contribution in [2.45, 2.75) is 118 Å². The third-order valence-electron chi connectivity index (χ3n) is 4.05. The van der Waals surface area contributed by atoms with Gasteiger partial charge in [-0.05, 0) is 67.2 Å². The molecule has 1 heterocycles. The van der Waals surface area contributed by atoms with Gasteiger partial charge in [-0.3, -0.25) is 4.90 Å². The number of alkyl carbamates (subject to hydrolysis) is 1. The summed E-state index contributed by atoms with van der Waals surface area (Å²) in [5, 5.41) is 19.8. The first kappa shape index (κ1) is 38.0. The van der Waals surface area contributed by atoms with E-state index in [4.69, 9.17) is 24.4 Å². The third kappa shape index (κ3) is 21.9. The molecule has 3 N–H and O–H groups in total. The van der Waals surface area contributed by atoms with E-state index in [0.29, 0.717) is 12.8 Å². The fourth-order valence-electron chi connectivity index (χ4n) is 2.37. The molecule has 0 aromatic carbocycles. The second-order valence-electron chi connectivity index (χ2n) is 9.62. The SMILES string of the molecule is C1CCOC1.CC.CCC(C(=O)O)N(C)C(=O)OC(C)(C)C.CCC(NC(=O)OC(C)(C)C)C(=O)O. The Hall–Kier alpha value is -2.56. The maximum Gasteiger partial charge on any atom is 0.410 e. The van der Waals surface area contributed by atoms with Gasteiger partial charge in [0.25, 0.3) is 0 Å². The Balaban J connectivity index is -0.000000478. The number of rotatable bonds is 6. The molecule has 1 aliphatic rings. The highest BCUT2D eigenvalue weighted by Gasteiger charge is 2.28. The summed E-state index contributed by atoms with van der Waals surface area (Å²) in [6, 6.07) is -1.72. The van der Waals surface area contributed by atoms with Gasteiger partial charge in [-0.25, -0.2) is 19.2 Å². The van der Waals surface area contributed by atoms with Gasteiger partial charge in [-0.2, -0.15) is 0 Å². The average molecular weight is 523 g/mol. The summed E-state index contributed by atoms with van der Waals surface area (Å²) in [6.45, 7) is 19.7. The minimum absolute atomic E-state index is 0.328. The number of hydrogen-bond donors (Lipinski definition) is 3. The summed E-state index contributed by atoms with van der Waals surface area (Å²) in [7, 11) is 1.43. The van der Waals surface area contributed by atoms with Crippen LogP contribution in [0.3, 0.4) is 0 Å². The number of carbonyl (C=O) groups is 4. The molecule has 0 aromatic rings. The molecule has 1 fully saturated rings. The molecule has 11 nitrogen and oxygen atoms in total. The molecule has 0 bridgehead atoms. The number of amides is 2. The zero-order chi connectivity index (χ0) is 29.1. The fraction of sp³-hybridized carbons (Fsp3) is 0.840. The Morgan fingerprint density at radius 2 is 1.31 bits per heavy atom. The highest BCUT2D eigenvalue weighted by atomic mass is 16.6. The first-order chi connectivity index (χ1) is 16.4. The van der Waals surface area contributed by atoms with Crippen LogP contribution in [0.4, 0.5) is 9.59 Å². The second kappa shape index (κ2) is 19.6. The molecule has 2 amide bonds. The number of carboxylic acid groups (broad SMARTS) is 2. The Labute approximate surface area is 216 Å². The van der Waals surface area contributed by atoms with Gasteiger partial charge in [0.2, 0.25) is 0 Å². The normalized spacial score (nSPS) is 14.1. The quantitative estimate of drug-likeness (QED) is 0.441. The van der Waals surface area contributed by atoms with Crippen molar-refractivity contribution in [1.29, 1.82) is 0 Å². The minimum atomic E-state index is -1.06. The van der Waals surface area contributed by atoms with Crippen LogP contribution in [0.15, 0.2) is 0 Å². The number of likely N-dealkylation sites (N-methyl/N-ethyl adjacent to an activating group) is 1. The molecule has 1 rings (SSSR count). The lowest BCUT2D eigenvalue weighted by Crippen LogP contribution is -2.44. The van der Waals surface area contributed by atoms with Crippen LogP contribution in [0.2, 0.25) is 0 Å². The molecule has 0 spiro atoms. The molecule has 2 unspecified atom stereocenters. The number of nitrogens with zero attached hydrogens (tertiary/aromatic N) is 1. The Kier molecular flexibility index (Phi) is 20.7. The number of aliphatic carboxylic acids is 2. The molecule has 0 radical (unpaired) electrons. The number of nitrogens with one attached hydrogen (secondary N) is 1. The first-order valence-corrected chi connectivity index (χ1v) is 12.4. The van der Waals surface area contributed by atoms with Crippen LogP contribution in [0.1, 0.15) is 94.9 Å². The van der Waals surface area contributed by atoms with E-state index >= 15 is 0 Å². The topological polar surface area (TPSA) is 152 Å². The van der Waals surface area contributed by atoms with Gasteiger partial charge in [0, 0.05) is 20.3 Å². The predicted molar refractivity (Wildman–Crippen MR) is 138 cm³/mol. The Morgan fingerprint density at radius 3 is 1.56 bits per heavy atom.